The molecule has 23 heavy (non-hydrogen) atoms. The number of benzene rings is 1. The molecular weight excluding hydrogens is 312 g/mol. The first-order valence-corrected chi connectivity index (χ1v) is 7.73. The Bertz CT molecular complexity index is 799. The van der Waals surface area contributed by atoms with Crippen molar-refractivity contribution in [2.24, 2.45) is 5.92 Å². The molecule has 1 amide bonds. The molecule has 0 radical (unpaired) electrons. The van der Waals surface area contributed by atoms with Gasteiger partial charge in [0, 0.05) is 22.7 Å². The predicted molar refractivity (Wildman–Crippen MR) is 88.9 cm³/mol. The van der Waals surface area contributed by atoms with Crippen LogP contribution in [0, 0.1) is 17.2 Å². The molecule has 0 spiro atoms. The van der Waals surface area contributed by atoms with Crippen LogP contribution in [0.5, 0.6) is 0 Å². The van der Waals surface area contributed by atoms with Crippen molar-refractivity contribution in [3.63, 3.8) is 0 Å². The molecule has 116 valence electrons. The van der Waals surface area contributed by atoms with Crippen LogP contribution in [0.25, 0.3) is 6.08 Å². The van der Waals surface area contributed by atoms with E-state index < -0.39 is 5.91 Å². The fourth-order valence-corrected chi connectivity index (χ4v) is 2.51. The SMILES string of the molecule is CC1CC1c1ccc(C=C(C#N)C(=O)Nc2ccc(Cl)cc2)o1. The Morgan fingerprint density at radius 3 is 2.65 bits per heavy atom. The lowest BCUT2D eigenvalue weighted by molar-refractivity contribution is -0.112. The number of halogens is 1. The second kappa shape index (κ2) is 6.31. The van der Waals surface area contributed by atoms with Crippen molar-refractivity contribution >= 4 is 29.3 Å². The summed E-state index contributed by atoms with van der Waals surface area (Å²) in [6.45, 7) is 2.17. The molecule has 2 unspecified atom stereocenters. The summed E-state index contributed by atoms with van der Waals surface area (Å²) in [5.41, 5.74) is 0.567. The Morgan fingerprint density at radius 2 is 2.04 bits per heavy atom. The molecule has 1 N–H and O–H groups in total. The third kappa shape index (κ3) is 3.64. The number of nitrogens with zero attached hydrogens (tertiary/aromatic N) is 1. The number of carbonyl (C=O) groups is 1. The Morgan fingerprint density at radius 1 is 1.35 bits per heavy atom. The second-order valence-electron chi connectivity index (χ2n) is 5.69. The zero-order chi connectivity index (χ0) is 16.4. The van der Waals surface area contributed by atoms with Gasteiger partial charge in [-0.05, 0) is 48.7 Å². The van der Waals surface area contributed by atoms with Crippen molar-refractivity contribution in [2.45, 2.75) is 19.3 Å². The summed E-state index contributed by atoms with van der Waals surface area (Å²) >= 11 is 5.80. The molecule has 0 saturated heterocycles. The van der Waals surface area contributed by atoms with Crippen LogP contribution in [0.15, 0.2) is 46.4 Å². The monoisotopic (exact) mass is 326 g/mol. The zero-order valence-electron chi connectivity index (χ0n) is 12.5. The van der Waals surface area contributed by atoms with Gasteiger partial charge in [-0.2, -0.15) is 5.26 Å². The lowest BCUT2D eigenvalue weighted by atomic mass is 10.2. The third-order valence-electron chi connectivity index (χ3n) is 3.88. The van der Waals surface area contributed by atoms with Gasteiger partial charge in [-0.3, -0.25) is 4.79 Å². The lowest BCUT2D eigenvalue weighted by Crippen LogP contribution is -2.13. The summed E-state index contributed by atoms with van der Waals surface area (Å²) < 4.78 is 5.70. The quantitative estimate of drug-likeness (QED) is 0.659. The van der Waals surface area contributed by atoms with Crippen LogP contribution >= 0.6 is 11.6 Å². The van der Waals surface area contributed by atoms with Crippen LogP contribution in [-0.4, -0.2) is 5.91 Å². The fourth-order valence-electron chi connectivity index (χ4n) is 2.39. The molecule has 1 aliphatic carbocycles. The Balaban J connectivity index is 1.73. The lowest BCUT2D eigenvalue weighted by Gasteiger charge is -2.03. The molecule has 3 rings (SSSR count). The fraction of sp³-hybridized carbons (Fsp3) is 0.222. The summed E-state index contributed by atoms with van der Waals surface area (Å²) in [5, 5.41) is 12.4. The van der Waals surface area contributed by atoms with Crippen LogP contribution in [0.2, 0.25) is 5.02 Å². The average molecular weight is 327 g/mol. The minimum absolute atomic E-state index is 0.00954. The summed E-state index contributed by atoms with van der Waals surface area (Å²) in [5.74, 6) is 2.06. The first-order chi connectivity index (χ1) is 11.1. The number of amides is 1. The highest BCUT2D eigenvalue weighted by Gasteiger charge is 2.36. The zero-order valence-corrected chi connectivity index (χ0v) is 13.3. The first kappa shape index (κ1) is 15.4. The largest absolute Gasteiger partial charge is 0.461 e. The number of carbonyl (C=O) groups excluding carboxylic acids is 1. The molecule has 1 heterocycles. The van der Waals surface area contributed by atoms with Gasteiger partial charge in [0.15, 0.2) is 0 Å². The van der Waals surface area contributed by atoms with Crippen molar-refractivity contribution in [3.8, 4) is 6.07 Å². The van der Waals surface area contributed by atoms with Gasteiger partial charge in [-0.15, -0.1) is 0 Å². The summed E-state index contributed by atoms with van der Waals surface area (Å²) in [6, 6.07) is 12.3. The van der Waals surface area contributed by atoms with E-state index in [0.717, 1.165) is 12.2 Å². The topological polar surface area (TPSA) is 66.0 Å². The van der Waals surface area contributed by atoms with Crippen molar-refractivity contribution in [2.75, 3.05) is 5.32 Å². The van der Waals surface area contributed by atoms with Crippen LogP contribution in [0.1, 0.15) is 30.8 Å². The molecular formula is C18H15ClN2O2. The molecule has 1 aliphatic rings. The Hall–Kier alpha value is -2.51. The molecule has 1 aromatic carbocycles. The predicted octanol–water partition coefficient (Wildman–Crippen LogP) is 4.60. The number of anilines is 1. The maximum Gasteiger partial charge on any atom is 0.266 e. The number of nitriles is 1. The van der Waals surface area contributed by atoms with E-state index in [1.165, 1.54) is 6.08 Å². The number of nitrogens with one attached hydrogen (secondary N) is 1. The number of hydrogen-bond acceptors (Lipinski definition) is 3. The van der Waals surface area contributed by atoms with E-state index in [0.29, 0.717) is 28.3 Å². The van der Waals surface area contributed by atoms with Gasteiger partial charge in [-0.25, -0.2) is 0 Å². The van der Waals surface area contributed by atoms with E-state index >= 15 is 0 Å². The van der Waals surface area contributed by atoms with Crippen molar-refractivity contribution in [1.29, 1.82) is 5.26 Å². The van der Waals surface area contributed by atoms with Gasteiger partial charge in [0.25, 0.3) is 5.91 Å². The van der Waals surface area contributed by atoms with E-state index in [4.69, 9.17) is 16.0 Å². The van der Waals surface area contributed by atoms with Gasteiger partial charge < -0.3 is 9.73 Å². The van der Waals surface area contributed by atoms with Gasteiger partial charge in [-0.1, -0.05) is 18.5 Å². The number of furan rings is 1. The standard InChI is InChI=1S/C18H15ClN2O2/c1-11-8-16(11)17-7-6-15(23-17)9-12(10-20)18(22)21-14-4-2-13(19)3-5-14/h2-7,9,11,16H,8H2,1H3,(H,21,22). The minimum Gasteiger partial charge on any atom is -0.461 e. The highest BCUT2D eigenvalue weighted by Crippen LogP contribution is 2.47. The van der Waals surface area contributed by atoms with Gasteiger partial charge in [0.05, 0.1) is 0 Å². The van der Waals surface area contributed by atoms with Crippen LogP contribution in [0.4, 0.5) is 5.69 Å². The summed E-state index contributed by atoms with van der Waals surface area (Å²) in [4.78, 5) is 12.2. The van der Waals surface area contributed by atoms with Gasteiger partial charge in [0.2, 0.25) is 0 Å². The van der Waals surface area contributed by atoms with Crippen LogP contribution in [0.3, 0.4) is 0 Å². The Labute approximate surface area is 139 Å². The third-order valence-corrected chi connectivity index (χ3v) is 4.13. The van der Waals surface area contributed by atoms with Crippen LogP contribution < -0.4 is 5.32 Å². The van der Waals surface area contributed by atoms with E-state index in [1.54, 1.807) is 30.3 Å². The van der Waals surface area contributed by atoms with E-state index in [9.17, 15) is 10.1 Å². The smallest absolute Gasteiger partial charge is 0.266 e. The van der Waals surface area contributed by atoms with Crippen molar-refractivity contribution < 1.29 is 9.21 Å². The Kier molecular flexibility index (Phi) is 4.22. The molecule has 1 saturated carbocycles. The van der Waals surface area contributed by atoms with E-state index in [1.807, 2.05) is 12.1 Å². The number of rotatable bonds is 4. The van der Waals surface area contributed by atoms with Gasteiger partial charge in [0.1, 0.15) is 23.2 Å². The van der Waals surface area contributed by atoms with Crippen LogP contribution in [-0.2, 0) is 4.79 Å². The molecule has 1 fully saturated rings. The van der Waals surface area contributed by atoms with Crippen molar-refractivity contribution in [1.82, 2.24) is 0 Å². The molecule has 2 aromatic rings. The molecule has 5 heteroatoms. The highest BCUT2D eigenvalue weighted by molar-refractivity contribution is 6.30. The highest BCUT2D eigenvalue weighted by atomic mass is 35.5. The minimum atomic E-state index is -0.479. The first-order valence-electron chi connectivity index (χ1n) is 7.35. The molecule has 0 aliphatic heterocycles. The molecule has 4 nitrogen and oxygen atoms in total. The summed E-state index contributed by atoms with van der Waals surface area (Å²) in [7, 11) is 0. The van der Waals surface area contributed by atoms with Gasteiger partial charge >= 0.3 is 0 Å². The normalized spacial score (nSPS) is 20.0. The second-order valence-corrected chi connectivity index (χ2v) is 6.13. The maximum absolute atomic E-state index is 12.2. The maximum atomic E-state index is 12.2. The molecule has 0 bridgehead atoms. The molecule has 1 aromatic heterocycles. The molecule has 2 atom stereocenters. The van der Waals surface area contributed by atoms with Crippen molar-refractivity contribution in [3.05, 3.63) is 58.5 Å². The average Bonchev–Trinajstić information content (AvgIpc) is 3.09. The number of hydrogen-bond donors (Lipinski definition) is 1. The summed E-state index contributed by atoms with van der Waals surface area (Å²) in [6.07, 6.45) is 2.58. The van der Waals surface area contributed by atoms with E-state index in [2.05, 4.69) is 12.2 Å². The van der Waals surface area contributed by atoms with E-state index in [-0.39, 0.29) is 5.57 Å².